The number of hydrogen-bond donors (Lipinski definition) is 1. The second-order valence-corrected chi connectivity index (χ2v) is 5.79. The smallest absolute Gasteiger partial charge is 0.370 e. The Morgan fingerprint density at radius 2 is 2.09 bits per heavy atom. The second kappa shape index (κ2) is 7.31. The summed E-state index contributed by atoms with van der Waals surface area (Å²) in [4.78, 5) is 13.8. The van der Waals surface area contributed by atoms with E-state index in [2.05, 4.69) is 5.32 Å². The second-order valence-electron chi connectivity index (χ2n) is 5.79. The first kappa shape index (κ1) is 17.7. The molecule has 0 spiro atoms. The van der Waals surface area contributed by atoms with Gasteiger partial charge in [-0.15, -0.1) is 0 Å². The predicted molar refractivity (Wildman–Crippen MR) is 80.0 cm³/mol. The summed E-state index contributed by atoms with van der Waals surface area (Å²) in [5.41, 5.74) is 2.06. The lowest BCUT2D eigenvalue weighted by atomic mass is 10.0. The number of carbonyl (C=O) groups is 1. The Bertz CT molecular complexity index is 548. The van der Waals surface area contributed by atoms with Gasteiger partial charge in [0.2, 0.25) is 5.91 Å². The van der Waals surface area contributed by atoms with Crippen LogP contribution in [0.4, 0.5) is 13.2 Å². The van der Waals surface area contributed by atoms with Crippen molar-refractivity contribution in [1.82, 2.24) is 10.2 Å². The summed E-state index contributed by atoms with van der Waals surface area (Å²) in [5, 5.41) is 2.15. The summed E-state index contributed by atoms with van der Waals surface area (Å²) in [6.07, 6.45) is -4.57. The topological polar surface area (TPSA) is 41.6 Å². The maximum absolute atomic E-state index is 12.2. The van der Waals surface area contributed by atoms with Crippen LogP contribution in [0.2, 0.25) is 0 Å². The van der Waals surface area contributed by atoms with Crippen molar-refractivity contribution < 1.29 is 22.7 Å². The van der Waals surface area contributed by atoms with Crippen molar-refractivity contribution in [2.45, 2.75) is 32.2 Å². The van der Waals surface area contributed by atoms with Crippen molar-refractivity contribution in [2.24, 2.45) is 0 Å². The fourth-order valence-electron chi connectivity index (χ4n) is 2.65. The number of ether oxygens (including phenoxy) is 1. The van der Waals surface area contributed by atoms with Crippen molar-refractivity contribution in [3.63, 3.8) is 0 Å². The number of rotatable bonds is 4. The highest BCUT2D eigenvalue weighted by atomic mass is 19.4. The van der Waals surface area contributed by atoms with Crippen LogP contribution >= 0.6 is 0 Å². The monoisotopic (exact) mass is 330 g/mol. The fourth-order valence-corrected chi connectivity index (χ4v) is 2.65. The molecule has 1 aliphatic rings. The summed E-state index contributed by atoms with van der Waals surface area (Å²) < 4.78 is 42.2. The van der Waals surface area contributed by atoms with Crippen molar-refractivity contribution >= 4 is 5.91 Å². The van der Waals surface area contributed by atoms with Gasteiger partial charge >= 0.3 is 6.18 Å². The number of nitrogens with one attached hydrogen (secondary N) is 1. The lowest BCUT2D eigenvalue weighted by Gasteiger charge is -2.38. The molecule has 0 aliphatic carbocycles. The molecule has 1 aliphatic heterocycles. The Labute approximate surface area is 133 Å². The third kappa shape index (κ3) is 4.94. The van der Waals surface area contributed by atoms with Crippen molar-refractivity contribution in [1.29, 1.82) is 0 Å². The molecule has 4 nitrogen and oxygen atoms in total. The maximum atomic E-state index is 12.2. The minimum atomic E-state index is -4.32. The number of nitrogens with zero attached hydrogens (tertiary/aromatic N) is 1. The highest BCUT2D eigenvalue weighted by Gasteiger charge is 2.32. The molecule has 1 aromatic rings. The normalized spacial score (nSPS) is 22.2. The van der Waals surface area contributed by atoms with Crippen LogP contribution in [-0.4, -0.2) is 49.3 Å². The van der Waals surface area contributed by atoms with E-state index in [9.17, 15) is 18.0 Å². The molecule has 1 heterocycles. The van der Waals surface area contributed by atoms with Gasteiger partial charge in [-0.1, -0.05) is 24.3 Å². The molecule has 1 fully saturated rings. The molecule has 7 heteroatoms. The maximum Gasteiger partial charge on any atom is 0.401 e. The molecule has 1 amide bonds. The van der Waals surface area contributed by atoms with E-state index in [-0.39, 0.29) is 24.6 Å². The van der Waals surface area contributed by atoms with E-state index < -0.39 is 12.7 Å². The van der Waals surface area contributed by atoms with E-state index in [4.69, 9.17) is 4.74 Å². The molecule has 2 rings (SSSR count). The quantitative estimate of drug-likeness (QED) is 0.922. The summed E-state index contributed by atoms with van der Waals surface area (Å²) in [6, 6.07) is 7.58. The standard InChI is InChI=1S/C16H21F3N2O2/c1-11-5-3-4-6-13(11)14-8-21(12(2)9-23-14)15(22)7-20-10-16(17,18)19/h3-6,12,14,20H,7-10H2,1-2H3/t12-,14-/m0/s1. The van der Waals surface area contributed by atoms with Crippen molar-refractivity contribution in [3.05, 3.63) is 35.4 Å². The van der Waals surface area contributed by atoms with Gasteiger partial charge in [0.05, 0.1) is 32.3 Å². The number of carbonyl (C=O) groups excluding carboxylic acids is 1. The van der Waals surface area contributed by atoms with Gasteiger partial charge in [-0.3, -0.25) is 4.79 Å². The third-order valence-corrected chi connectivity index (χ3v) is 3.89. The number of hydrogen-bond acceptors (Lipinski definition) is 3. The van der Waals surface area contributed by atoms with Crippen LogP contribution in [0.5, 0.6) is 0 Å². The highest BCUT2D eigenvalue weighted by Crippen LogP contribution is 2.27. The molecule has 0 saturated carbocycles. The number of amides is 1. The molecule has 2 atom stereocenters. The number of halogens is 3. The van der Waals surface area contributed by atoms with E-state index in [1.165, 1.54) is 0 Å². The van der Waals surface area contributed by atoms with E-state index in [0.717, 1.165) is 11.1 Å². The van der Waals surface area contributed by atoms with Gasteiger partial charge in [-0.2, -0.15) is 13.2 Å². The molecular formula is C16H21F3N2O2. The molecule has 0 bridgehead atoms. The SMILES string of the molecule is Cc1ccccc1[C@@H]1CN(C(=O)CNCC(F)(F)F)[C@@H](C)CO1. The Kier molecular flexibility index (Phi) is 5.64. The summed E-state index contributed by atoms with van der Waals surface area (Å²) in [7, 11) is 0. The van der Waals surface area contributed by atoms with Gasteiger partial charge < -0.3 is 15.0 Å². The van der Waals surface area contributed by atoms with E-state index in [1.807, 2.05) is 38.1 Å². The largest absolute Gasteiger partial charge is 0.401 e. The van der Waals surface area contributed by atoms with Gasteiger partial charge in [0, 0.05) is 0 Å². The fraction of sp³-hybridized carbons (Fsp3) is 0.562. The lowest BCUT2D eigenvalue weighted by Crippen LogP contribution is -2.51. The first-order valence-corrected chi connectivity index (χ1v) is 7.52. The van der Waals surface area contributed by atoms with Crippen LogP contribution in [0, 0.1) is 6.92 Å². The molecule has 0 radical (unpaired) electrons. The average molecular weight is 330 g/mol. The van der Waals surface area contributed by atoms with E-state index in [0.29, 0.717) is 13.2 Å². The van der Waals surface area contributed by atoms with Crippen LogP contribution in [0.3, 0.4) is 0 Å². The average Bonchev–Trinajstić information content (AvgIpc) is 2.47. The number of morpholine rings is 1. The van der Waals surface area contributed by atoms with Gasteiger partial charge in [-0.05, 0) is 25.0 Å². The first-order chi connectivity index (χ1) is 10.8. The van der Waals surface area contributed by atoms with Crippen LogP contribution in [0.15, 0.2) is 24.3 Å². The third-order valence-electron chi connectivity index (χ3n) is 3.89. The van der Waals surface area contributed by atoms with Gasteiger partial charge in [0.1, 0.15) is 6.10 Å². The molecule has 1 aromatic carbocycles. The lowest BCUT2D eigenvalue weighted by molar-refractivity contribution is -0.145. The Morgan fingerprint density at radius 3 is 2.74 bits per heavy atom. The van der Waals surface area contributed by atoms with E-state index in [1.54, 1.807) is 4.90 Å². The van der Waals surface area contributed by atoms with Crippen molar-refractivity contribution in [2.75, 3.05) is 26.2 Å². The summed E-state index contributed by atoms with van der Waals surface area (Å²) in [6.45, 7) is 3.01. The highest BCUT2D eigenvalue weighted by molar-refractivity contribution is 5.78. The zero-order valence-electron chi connectivity index (χ0n) is 13.2. The molecular weight excluding hydrogens is 309 g/mol. The van der Waals surface area contributed by atoms with Crippen LogP contribution in [-0.2, 0) is 9.53 Å². The molecule has 0 aromatic heterocycles. The van der Waals surface area contributed by atoms with Gasteiger partial charge in [-0.25, -0.2) is 0 Å². The molecule has 128 valence electrons. The zero-order chi connectivity index (χ0) is 17.0. The van der Waals surface area contributed by atoms with Crippen LogP contribution in [0.1, 0.15) is 24.2 Å². The zero-order valence-corrected chi connectivity index (χ0v) is 13.2. The predicted octanol–water partition coefficient (Wildman–Crippen LogP) is 2.44. The molecule has 23 heavy (non-hydrogen) atoms. The number of alkyl halides is 3. The minimum Gasteiger partial charge on any atom is -0.370 e. The number of aryl methyl sites for hydroxylation is 1. The molecule has 1 N–H and O–H groups in total. The minimum absolute atomic E-state index is 0.157. The van der Waals surface area contributed by atoms with Gasteiger partial charge in [0.15, 0.2) is 0 Å². The molecule has 0 unspecified atom stereocenters. The Morgan fingerprint density at radius 1 is 1.39 bits per heavy atom. The van der Waals surface area contributed by atoms with Crippen LogP contribution in [0.25, 0.3) is 0 Å². The first-order valence-electron chi connectivity index (χ1n) is 7.52. The van der Waals surface area contributed by atoms with E-state index >= 15 is 0 Å². The Hall–Kier alpha value is -1.60. The molecule has 1 saturated heterocycles. The number of benzene rings is 1. The summed E-state index contributed by atoms with van der Waals surface area (Å²) in [5.74, 6) is -0.344. The van der Waals surface area contributed by atoms with Crippen LogP contribution < -0.4 is 5.32 Å². The van der Waals surface area contributed by atoms with Crippen molar-refractivity contribution in [3.8, 4) is 0 Å². The van der Waals surface area contributed by atoms with Gasteiger partial charge in [0.25, 0.3) is 0 Å². The Balaban J connectivity index is 1.98. The summed E-state index contributed by atoms with van der Waals surface area (Å²) >= 11 is 0.